The third kappa shape index (κ3) is 7.68. The predicted molar refractivity (Wildman–Crippen MR) is 125 cm³/mol. The Kier molecular flexibility index (Phi) is 9.32. The van der Waals surface area contributed by atoms with E-state index >= 15 is 0 Å². The maximum atomic E-state index is 12.9. The van der Waals surface area contributed by atoms with Crippen molar-refractivity contribution in [3.05, 3.63) is 65.6 Å². The fourth-order valence-electron chi connectivity index (χ4n) is 3.69. The lowest BCUT2D eigenvalue weighted by Crippen LogP contribution is -2.42. The lowest BCUT2D eigenvalue weighted by Gasteiger charge is -2.21. The first-order valence-corrected chi connectivity index (χ1v) is 11.2. The Morgan fingerprint density at radius 2 is 1.74 bits per heavy atom. The molecule has 0 saturated heterocycles. The zero-order valence-corrected chi connectivity index (χ0v) is 18.4. The Morgan fingerprint density at radius 3 is 2.45 bits per heavy atom. The average molecular weight is 423 g/mol. The summed E-state index contributed by atoms with van der Waals surface area (Å²) in [5.74, 6) is 0.339. The molecular weight excluding hydrogens is 388 g/mol. The van der Waals surface area contributed by atoms with Gasteiger partial charge in [0, 0.05) is 44.3 Å². The van der Waals surface area contributed by atoms with E-state index in [1.54, 1.807) is 18.5 Å². The van der Waals surface area contributed by atoms with Gasteiger partial charge in [-0.3, -0.25) is 4.79 Å². The molecule has 1 amide bonds. The zero-order chi connectivity index (χ0) is 21.7. The molecule has 2 heterocycles. The van der Waals surface area contributed by atoms with Crippen LogP contribution in [0.15, 0.2) is 54.5 Å². The van der Waals surface area contributed by atoms with E-state index < -0.39 is 0 Å². The minimum atomic E-state index is -0.237. The van der Waals surface area contributed by atoms with Crippen LogP contribution in [-0.2, 0) is 17.6 Å². The molecule has 3 rings (SSSR count). The lowest BCUT2D eigenvalue weighted by atomic mass is 9.99. The van der Waals surface area contributed by atoms with Crippen LogP contribution in [0.5, 0.6) is 0 Å². The predicted octanol–water partition coefficient (Wildman–Crippen LogP) is 2.28. The monoisotopic (exact) mass is 422 g/mol. The van der Waals surface area contributed by atoms with Crippen molar-refractivity contribution in [3.63, 3.8) is 0 Å². The second-order valence-corrected chi connectivity index (χ2v) is 7.79. The van der Waals surface area contributed by atoms with Gasteiger partial charge in [0.1, 0.15) is 0 Å². The number of hydrogen-bond donors (Lipinski definition) is 4. The topological polar surface area (TPSA) is 91.0 Å². The molecule has 0 aliphatic carbocycles. The zero-order valence-electron chi connectivity index (χ0n) is 18.4. The van der Waals surface area contributed by atoms with Gasteiger partial charge in [-0.2, -0.15) is 0 Å². The van der Waals surface area contributed by atoms with Gasteiger partial charge in [0.05, 0.1) is 5.92 Å². The molecule has 1 aliphatic rings. The van der Waals surface area contributed by atoms with Gasteiger partial charge in [-0.1, -0.05) is 30.3 Å². The molecule has 2 aromatic rings. The normalized spacial score (nSPS) is 20.4. The Balaban J connectivity index is 1.65. The molecule has 1 aromatic carbocycles. The van der Waals surface area contributed by atoms with Crippen molar-refractivity contribution in [1.82, 2.24) is 25.9 Å². The number of aryl methyl sites for hydroxylation is 2. The van der Waals surface area contributed by atoms with Crippen LogP contribution >= 0.6 is 0 Å². The largest absolute Gasteiger partial charge is 0.387 e. The molecule has 1 atom stereocenters. The highest BCUT2D eigenvalue weighted by molar-refractivity contribution is 5.79. The number of benzene rings is 1. The van der Waals surface area contributed by atoms with Gasteiger partial charge >= 0.3 is 0 Å². The Bertz CT molecular complexity index is 839. The summed E-state index contributed by atoms with van der Waals surface area (Å²) >= 11 is 0. The smallest absolute Gasteiger partial charge is 0.226 e. The van der Waals surface area contributed by atoms with Gasteiger partial charge in [-0.15, -0.1) is 0 Å². The molecule has 166 valence electrons. The summed E-state index contributed by atoms with van der Waals surface area (Å²) in [6, 6.07) is 10.4. The van der Waals surface area contributed by atoms with E-state index in [1.165, 1.54) is 11.1 Å². The molecule has 7 heteroatoms. The van der Waals surface area contributed by atoms with Gasteiger partial charge in [-0.05, 0) is 56.3 Å². The van der Waals surface area contributed by atoms with Crippen LogP contribution in [0.1, 0.15) is 30.9 Å². The van der Waals surface area contributed by atoms with Crippen LogP contribution in [0.2, 0.25) is 0 Å². The van der Waals surface area contributed by atoms with E-state index in [0.29, 0.717) is 25.6 Å². The molecule has 1 unspecified atom stereocenters. The first-order valence-electron chi connectivity index (χ1n) is 11.2. The summed E-state index contributed by atoms with van der Waals surface area (Å²) in [4.78, 5) is 21.3. The number of hydrogen-bond acceptors (Lipinski definition) is 6. The number of amides is 1. The Labute approximate surface area is 185 Å². The number of fused-ring (bicyclic) bond motifs is 1. The molecule has 1 aromatic heterocycles. The molecule has 1 aliphatic heterocycles. The van der Waals surface area contributed by atoms with E-state index in [0.717, 1.165) is 44.5 Å². The Morgan fingerprint density at radius 1 is 1.03 bits per heavy atom. The molecule has 0 saturated carbocycles. The maximum absolute atomic E-state index is 12.9. The first-order chi connectivity index (χ1) is 15.3. The molecule has 7 nitrogen and oxygen atoms in total. The highest BCUT2D eigenvalue weighted by atomic mass is 16.1. The van der Waals surface area contributed by atoms with Crippen LogP contribution in [0.3, 0.4) is 0 Å². The third-order valence-corrected chi connectivity index (χ3v) is 5.52. The highest BCUT2D eigenvalue weighted by Crippen LogP contribution is 2.13. The number of carbonyl (C=O) groups excluding carboxylic acids is 1. The summed E-state index contributed by atoms with van der Waals surface area (Å²) in [5.41, 5.74) is 3.90. The highest BCUT2D eigenvalue weighted by Gasteiger charge is 2.19. The molecule has 31 heavy (non-hydrogen) atoms. The second kappa shape index (κ2) is 12.7. The van der Waals surface area contributed by atoms with E-state index in [2.05, 4.69) is 61.6 Å². The number of nitrogens with one attached hydrogen (secondary N) is 4. The number of rotatable bonds is 3. The molecular formula is C24H34N6O. The van der Waals surface area contributed by atoms with Crippen LogP contribution < -0.4 is 21.3 Å². The molecule has 0 fully saturated rings. The minimum absolute atomic E-state index is 0.0414. The van der Waals surface area contributed by atoms with Crippen LogP contribution in [0.25, 0.3) is 0 Å². The SMILES string of the molecule is CC=C1CNCCCc2ccccc2CCCNC(=O)C(CNc2ncccn2)CN1. The number of nitrogens with zero attached hydrogens (tertiary/aromatic N) is 2. The van der Waals surface area contributed by atoms with Crippen molar-refractivity contribution in [3.8, 4) is 0 Å². The summed E-state index contributed by atoms with van der Waals surface area (Å²) < 4.78 is 0. The number of aromatic nitrogens is 2. The maximum Gasteiger partial charge on any atom is 0.226 e. The van der Waals surface area contributed by atoms with Gasteiger partial charge < -0.3 is 21.3 Å². The Hall–Kier alpha value is -2.93. The van der Waals surface area contributed by atoms with E-state index in [-0.39, 0.29) is 11.8 Å². The average Bonchev–Trinajstić information content (AvgIpc) is 2.80. The number of allylic oxidation sites excluding steroid dienone is 1. The summed E-state index contributed by atoms with van der Waals surface area (Å²) in [5, 5.41) is 13.3. The van der Waals surface area contributed by atoms with Crippen molar-refractivity contribution in [2.75, 3.05) is 38.0 Å². The molecule has 0 bridgehead atoms. The fourth-order valence-corrected chi connectivity index (χ4v) is 3.69. The van der Waals surface area contributed by atoms with E-state index in [9.17, 15) is 4.79 Å². The number of anilines is 1. The summed E-state index contributed by atoms with van der Waals surface area (Å²) in [7, 11) is 0. The minimum Gasteiger partial charge on any atom is -0.387 e. The third-order valence-electron chi connectivity index (χ3n) is 5.52. The first kappa shape index (κ1) is 22.7. The van der Waals surface area contributed by atoms with Gasteiger partial charge in [0.2, 0.25) is 11.9 Å². The van der Waals surface area contributed by atoms with Crippen molar-refractivity contribution in [1.29, 1.82) is 0 Å². The lowest BCUT2D eigenvalue weighted by molar-refractivity contribution is -0.124. The van der Waals surface area contributed by atoms with Gasteiger partial charge in [0.15, 0.2) is 0 Å². The van der Waals surface area contributed by atoms with Gasteiger partial charge in [0.25, 0.3) is 0 Å². The standard InChI is InChI=1S/C24H34N6O/c1-2-22-18-25-12-5-10-19-8-3-4-9-20(19)11-6-13-26-23(31)21(16-29-22)17-30-24-27-14-7-15-28-24/h2-4,7-9,14-15,21,25,29H,5-6,10-13,16-18H2,1H3,(H,26,31)(H,27,28,30). The van der Waals surface area contributed by atoms with Crippen LogP contribution in [-0.4, -0.2) is 48.6 Å². The van der Waals surface area contributed by atoms with Crippen molar-refractivity contribution in [2.24, 2.45) is 5.92 Å². The van der Waals surface area contributed by atoms with E-state index in [1.807, 2.05) is 6.92 Å². The van der Waals surface area contributed by atoms with Crippen molar-refractivity contribution in [2.45, 2.75) is 32.6 Å². The van der Waals surface area contributed by atoms with E-state index in [4.69, 9.17) is 0 Å². The van der Waals surface area contributed by atoms with Crippen LogP contribution in [0.4, 0.5) is 5.95 Å². The fraction of sp³-hybridized carbons (Fsp3) is 0.458. The molecule has 4 N–H and O–H groups in total. The van der Waals surface area contributed by atoms with Gasteiger partial charge in [-0.25, -0.2) is 9.97 Å². The molecule has 0 spiro atoms. The number of carbonyl (C=O) groups is 1. The summed E-state index contributed by atoms with van der Waals surface area (Å²) in [6.07, 6.45) is 9.52. The second-order valence-electron chi connectivity index (χ2n) is 7.79. The van der Waals surface area contributed by atoms with Crippen LogP contribution in [0, 0.1) is 5.92 Å². The van der Waals surface area contributed by atoms with Crippen molar-refractivity contribution < 1.29 is 4.79 Å². The summed E-state index contributed by atoms with van der Waals surface area (Å²) in [6.45, 7) is 5.44. The van der Waals surface area contributed by atoms with Crippen molar-refractivity contribution >= 4 is 11.9 Å². The quantitative estimate of drug-likeness (QED) is 0.607. The molecule has 0 radical (unpaired) electrons.